The summed E-state index contributed by atoms with van der Waals surface area (Å²) < 4.78 is 2.60. The average molecular weight is 833 g/mol. The minimum Gasteiger partial charge on any atom is -0.310 e. The lowest BCUT2D eigenvalue weighted by Crippen LogP contribution is -2.26. The molecule has 1 unspecified atom stereocenters. The number of benzene rings is 10. The number of anilines is 6. The summed E-state index contributed by atoms with van der Waals surface area (Å²) in [4.78, 5) is 4.89. The standard InChI is InChI=1S/C61H40N2S/c1-4-18-41(19-5-1)47-24-12-16-30-58(47)63(44-34-37-60-53(38-44)52-27-13-17-31-59(52)64-60)46-33-36-51-49-26-11-15-29-55(49)61(57(51)40-46)54-28-14-10-25-48(54)50-35-32-45(39-56(50)61)62(42-20-6-2-7-21-42)43-22-8-3-9-23-43/h1-40H. The van der Waals surface area contributed by atoms with Crippen LogP contribution in [0.4, 0.5) is 34.1 Å². The number of nitrogens with zero attached hydrogens (tertiary/aromatic N) is 2. The maximum Gasteiger partial charge on any atom is 0.0727 e. The molecule has 0 fully saturated rings. The van der Waals surface area contributed by atoms with E-state index in [0.29, 0.717) is 0 Å². The maximum absolute atomic E-state index is 2.51. The molecule has 300 valence electrons. The summed E-state index contributed by atoms with van der Waals surface area (Å²) in [5, 5.41) is 2.57. The number of thiophene rings is 1. The van der Waals surface area contributed by atoms with Gasteiger partial charge in [-0.3, -0.25) is 0 Å². The first kappa shape index (κ1) is 36.7. The smallest absolute Gasteiger partial charge is 0.0727 e. The molecule has 1 heterocycles. The second-order valence-electron chi connectivity index (χ2n) is 16.8. The molecule has 1 atom stereocenters. The fraction of sp³-hybridized carbons (Fsp3) is 0.0164. The van der Waals surface area contributed by atoms with Gasteiger partial charge in [0.05, 0.1) is 11.1 Å². The predicted molar refractivity (Wildman–Crippen MR) is 270 cm³/mol. The highest BCUT2D eigenvalue weighted by Gasteiger charge is 2.52. The van der Waals surface area contributed by atoms with Crippen molar-refractivity contribution in [2.75, 3.05) is 9.80 Å². The summed E-state index contributed by atoms with van der Waals surface area (Å²) in [7, 11) is 0. The summed E-state index contributed by atoms with van der Waals surface area (Å²) in [6, 6.07) is 89.6. The Morgan fingerprint density at radius 3 is 1.38 bits per heavy atom. The molecule has 2 aliphatic rings. The highest BCUT2D eigenvalue weighted by Crippen LogP contribution is 2.64. The molecule has 64 heavy (non-hydrogen) atoms. The summed E-state index contributed by atoms with van der Waals surface area (Å²) >= 11 is 1.86. The third kappa shape index (κ3) is 5.44. The quantitative estimate of drug-likeness (QED) is 0.158. The van der Waals surface area contributed by atoms with Crippen LogP contribution in [0.25, 0.3) is 53.6 Å². The number of para-hydroxylation sites is 3. The molecule has 0 amide bonds. The van der Waals surface area contributed by atoms with Gasteiger partial charge in [-0.15, -0.1) is 11.3 Å². The Labute approximate surface area is 377 Å². The first-order valence-electron chi connectivity index (χ1n) is 22.0. The van der Waals surface area contributed by atoms with Crippen LogP contribution in [0.3, 0.4) is 0 Å². The largest absolute Gasteiger partial charge is 0.310 e. The van der Waals surface area contributed by atoms with E-state index in [2.05, 4.69) is 252 Å². The van der Waals surface area contributed by atoms with Crippen molar-refractivity contribution < 1.29 is 0 Å². The lowest BCUT2D eigenvalue weighted by atomic mass is 9.70. The van der Waals surface area contributed by atoms with Gasteiger partial charge in [0.15, 0.2) is 0 Å². The summed E-state index contributed by atoms with van der Waals surface area (Å²) in [6.07, 6.45) is 0. The van der Waals surface area contributed by atoms with E-state index in [0.717, 1.165) is 34.1 Å². The molecule has 2 aliphatic carbocycles. The maximum atomic E-state index is 2.51. The fourth-order valence-corrected chi connectivity index (χ4v) is 11.9. The average Bonchev–Trinajstić information content (AvgIpc) is 3.99. The molecule has 10 aromatic carbocycles. The van der Waals surface area contributed by atoms with Crippen molar-refractivity contribution in [2.24, 2.45) is 0 Å². The third-order valence-electron chi connectivity index (χ3n) is 13.5. The van der Waals surface area contributed by atoms with Gasteiger partial charge in [0.1, 0.15) is 0 Å². The van der Waals surface area contributed by atoms with Gasteiger partial charge in [-0.05, 0) is 129 Å². The molecule has 2 nitrogen and oxygen atoms in total. The Morgan fingerprint density at radius 2 is 0.734 bits per heavy atom. The number of fused-ring (bicyclic) bond motifs is 13. The normalized spacial score (nSPS) is 14.3. The van der Waals surface area contributed by atoms with Crippen LogP contribution < -0.4 is 9.80 Å². The van der Waals surface area contributed by atoms with Crippen LogP contribution in [0.15, 0.2) is 243 Å². The van der Waals surface area contributed by atoms with Crippen molar-refractivity contribution in [3.05, 3.63) is 265 Å². The molecule has 0 saturated carbocycles. The summed E-state index contributed by atoms with van der Waals surface area (Å²) in [6.45, 7) is 0. The van der Waals surface area contributed by atoms with Crippen LogP contribution in [0.2, 0.25) is 0 Å². The van der Waals surface area contributed by atoms with Crippen molar-refractivity contribution in [2.45, 2.75) is 5.41 Å². The summed E-state index contributed by atoms with van der Waals surface area (Å²) in [5.74, 6) is 0. The molecular weight excluding hydrogens is 793 g/mol. The fourth-order valence-electron chi connectivity index (χ4n) is 10.8. The van der Waals surface area contributed by atoms with Crippen molar-refractivity contribution in [3.63, 3.8) is 0 Å². The minimum absolute atomic E-state index is 0.568. The van der Waals surface area contributed by atoms with E-state index in [1.165, 1.54) is 75.8 Å². The zero-order valence-corrected chi connectivity index (χ0v) is 35.7. The van der Waals surface area contributed by atoms with Gasteiger partial charge < -0.3 is 9.80 Å². The van der Waals surface area contributed by atoms with Crippen LogP contribution >= 0.6 is 11.3 Å². The van der Waals surface area contributed by atoms with Gasteiger partial charge in [0.2, 0.25) is 0 Å². The Kier molecular flexibility index (Phi) is 8.34. The van der Waals surface area contributed by atoms with E-state index in [4.69, 9.17) is 0 Å². The molecule has 0 N–H and O–H groups in total. The lowest BCUT2D eigenvalue weighted by Gasteiger charge is -2.33. The monoisotopic (exact) mass is 832 g/mol. The second kappa shape index (κ2) is 14.6. The van der Waals surface area contributed by atoms with Gasteiger partial charge in [0, 0.05) is 54.2 Å². The first-order valence-corrected chi connectivity index (χ1v) is 22.8. The molecule has 0 bridgehead atoms. The van der Waals surface area contributed by atoms with Gasteiger partial charge in [0.25, 0.3) is 0 Å². The SMILES string of the molecule is c1ccc(-c2ccccc2N(c2ccc3c(c2)C2(c4ccccc4-c4ccc(N(c5ccccc5)c5ccccc5)cc42)c2ccccc2-3)c2ccc3sc4ccccc4c3c2)cc1. The van der Waals surface area contributed by atoms with Crippen LogP contribution in [-0.4, -0.2) is 0 Å². The van der Waals surface area contributed by atoms with Crippen molar-refractivity contribution in [1.29, 1.82) is 0 Å². The van der Waals surface area contributed by atoms with Crippen LogP contribution in [-0.2, 0) is 5.41 Å². The molecule has 3 heteroatoms. The Bertz CT molecular complexity index is 3520. The molecular formula is C61H40N2S. The topological polar surface area (TPSA) is 6.48 Å². The number of hydrogen-bond acceptors (Lipinski definition) is 3. The van der Waals surface area contributed by atoms with Crippen molar-refractivity contribution in [1.82, 2.24) is 0 Å². The molecule has 0 saturated heterocycles. The Hall–Kier alpha value is -7.98. The van der Waals surface area contributed by atoms with E-state index in [-0.39, 0.29) is 0 Å². The number of hydrogen-bond donors (Lipinski definition) is 0. The zero-order chi connectivity index (χ0) is 42.2. The van der Waals surface area contributed by atoms with Gasteiger partial charge in [-0.2, -0.15) is 0 Å². The minimum atomic E-state index is -0.568. The molecule has 1 aromatic heterocycles. The lowest BCUT2D eigenvalue weighted by molar-refractivity contribution is 0.793. The predicted octanol–water partition coefficient (Wildman–Crippen LogP) is 17.0. The Balaban J connectivity index is 1.08. The van der Waals surface area contributed by atoms with E-state index in [9.17, 15) is 0 Å². The summed E-state index contributed by atoms with van der Waals surface area (Å²) in [5.41, 5.74) is 18.9. The second-order valence-corrected chi connectivity index (χ2v) is 17.9. The van der Waals surface area contributed by atoms with E-state index >= 15 is 0 Å². The van der Waals surface area contributed by atoms with E-state index in [1.54, 1.807) is 0 Å². The molecule has 0 aliphatic heterocycles. The highest BCUT2D eigenvalue weighted by molar-refractivity contribution is 7.25. The third-order valence-corrected chi connectivity index (χ3v) is 14.6. The van der Waals surface area contributed by atoms with Crippen molar-refractivity contribution >= 4 is 65.6 Å². The highest BCUT2D eigenvalue weighted by atomic mass is 32.1. The first-order chi connectivity index (χ1) is 31.8. The molecule has 0 radical (unpaired) electrons. The van der Waals surface area contributed by atoms with Crippen LogP contribution in [0.1, 0.15) is 22.3 Å². The van der Waals surface area contributed by atoms with Crippen LogP contribution in [0.5, 0.6) is 0 Å². The number of rotatable bonds is 7. The van der Waals surface area contributed by atoms with E-state index < -0.39 is 5.41 Å². The van der Waals surface area contributed by atoms with Gasteiger partial charge in [-0.25, -0.2) is 0 Å². The molecule has 1 spiro atoms. The Morgan fingerprint density at radius 1 is 0.281 bits per heavy atom. The van der Waals surface area contributed by atoms with E-state index in [1.807, 2.05) is 11.3 Å². The zero-order valence-electron chi connectivity index (χ0n) is 34.9. The van der Waals surface area contributed by atoms with Gasteiger partial charge in [-0.1, -0.05) is 164 Å². The van der Waals surface area contributed by atoms with Crippen LogP contribution in [0, 0.1) is 0 Å². The molecule has 13 rings (SSSR count). The van der Waals surface area contributed by atoms with Gasteiger partial charge >= 0.3 is 0 Å². The molecule has 11 aromatic rings. The van der Waals surface area contributed by atoms with Crippen molar-refractivity contribution in [3.8, 4) is 33.4 Å².